The molecule has 0 radical (unpaired) electrons. The maximum Gasteiger partial charge on any atom is 0.153 e. The first-order chi connectivity index (χ1) is 9.52. The van der Waals surface area contributed by atoms with Gasteiger partial charge in [-0.05, 0) is 26.0 Å². The van der Waals surface area contributed by atoms with Crippen LogP contribution in [0.1, 0.15) is 31.6 Å². The van der Waals surface area contributed by atoms with E-state index in [1.165, 1.54) is 0 Å². The van der Waals surface area contributed by atoms with Gasteiger partial charge >= 0.3 is 0 Å². The normalized spacial score (nSPS) is 23.0. The van der Waals surface area contributed by atoms with Gasteiger partial charge < -0.3 is 9.73 Å². The van der Waals surface area contributed by atoms with Crippen LogP contribution in [0.5, 0.6) is 0 Å². The lowest BCUT2D eigenvalue weighted by atomic mass is 10.2. The Labute approximate surface area is 121 Å². The van der Waals surface area contributed by atoms with E-state index in [0.29, 0.717) is 6.54 Å². The minimum atomic E-state index is -2.85. The summed E-state index contributed by atoms with van der Waals surface area (Å²) in [4.78, 5) is 2.22. The van der Waals surface area contributed by atoms with Crippen LogP contribution in [0.15, 0.2) is 16.7 Å². The van der Waals surface area contributed by atoms with E-state index in [1.807, 2.05) is 13.0 Å². The van der Waals surface area contributed by atoms with Crippen LogP contribution in [0.25, 0.3) is 0 Å². The molecule has 0 aliphatic carbocycles. The van der Waals surface area contributed by atoms with E-state index in [9.17, 15) is 8.42 Å². The maximum atomic E-state index is 11.6. The summed E-state index contributed by atoms with van der Waals surface area (Å²) in [5.74, 6) is 1.48. The molecule has 1 unspecified atom stereocenters. The topological polar surface area (TPSA) is 62.6 Å². The van der Waals surface area contributed by atoms with Gasteiger partial charge in [0, 0.05) is 24.7 Å². The van der Waals surface area contributed by atoms with Gasteiger partial charge in [0.25, 0.3) is 0 Å². The highest BCUT2D eigenvalue weighted by atomic mass is 32.2. The van der Waals surface area contributed by atoms with Crippen molar-refractivity contribution in [3.63, 3.8) is 0 Å². The molecule has 114 valence electrons. The molecule has 20 heavy (non-hydrogen) atoms. The fourth-order valence-corrected chi connectivity index (χ4v) is 4.15. The highest BCUT2D eigenvalue weighted by molar-refractivity contribution is 7.91. The van der Waals surface area contributed by atoms with Crippen molar-refractivity contribution in [3.8, 4) is 0 Å². The third-order valence-electron chi connectivity index (χ3n) is 3.73. The van der Waals surface area contributed by atoms with Crippen molar-refractivity contribution >= 4 is 9.84 Å². The van der Waals surface area contributed by atoms with Crippen molar-refractivity contribution in [3.05, 3.63) is 23.7 Å². The maximum absolute atomic E-state index is 11.6. The van der Waals surface area contributed by atoms with Crippen molar-refractivity contribution in [1.29, 1.82) is 0 Å². The smallest absolute Gasteiger partial charge is 0.153 e. The van der Waals surface area contributed by atoms with Crippen LogP contribution in [0, 0.1) is 0 Å². The average molecular weight is 300 g/mol. The molecule has 6 heteroatoms. The highest BCUT2D eigenvalue weighted by Crippen LogP contribution is 2.18. The predicted molar refractivity (Wildman–Crippen MR) is 79.2 cm³/mol. The molecule has 1 aliphatic heterocycles. The number of hydrogen-bond acceptors (Lipinski definition) is 5. The van der Waals surface area contributed by atoms with Crippen molar-refractivity contribution in [2.45, 2.75) is 39.4 Å². The molecule has 2 heterocycles. The molecule has 1 aromatic rings. The van der Waals surface area contributed by atoms with Crippen LogP contribution >= 0.6 is 0 Å². The molecule has 1 aromatic heterocycles. The van der Waals surface area contributed by atoms with Crippen LogP contribution in [0.2, 0.25) is 0 Å². The molecule has 0 spiro atoms. The third-order valence-corrected chi connectivity index (χ3v) is 5.53. The van der Waals surface area contributed by atoms with Gasteiger partial charge in [-0.15, -0.1) is 0 Å². The average Bonchev–Trinajstić information content (AvgIpc) is 2.80. The van der Waals surface area contributed by atoms with Gasteiger partial charge in [-0.1, -0.05) is 6.92 Å². The highest BCUT2D eigenvalue weighted by Gasteiger charge is 2.28. The minimum absolute atomic E-state index is 0.0695. The van der Waals surface area contributed by atoms with Gasteiger partial charge in [0.15, 0.2) is 9.84 Å². The molecule has 1 N–H and O–H groups in total. The monoisotopic (exact) mass is 300 g/mol. The Morgan fingerprint density at radius 2 is 2.30 bits per heavy atom. The zero-order valence-electron chi connectivity index (χ0n) is 12.3. The second kappa shape index (κ2) is 6.74. The van der Waals surface area contributed by atoms with E-state index in [-0.39, 0.29) is 17.5 Å². The summed E-state index contributed by atoms with van der Waals surface area (Å²) in [7, 11) is -2.85. The zero-order chi connectivity index (χ0) is 14.6. The molecular weight excluding hydrogens is 276 g/mol. The van der Waals surface area contributed by atoms with E-state index >= 15 is 0 Å². The summed E-state index contributed by atoms with van der Waals surface area (Å²) in [6, 6.07) is 2.05. The summed E-state index contributed by atoms with van der Waals surface area (Å²) in [6.45, 7) is 7.18. The summed E-state index contributed by atoms with van der Waals surface area (Å²) in [5, 5.41) is 3.33. The van der Waals surface area contributed by atoms with Crippen molar-refractivity contribution in [1.82, 2.24) is 10.2 Å². The molecule has 1 saturated heterocycles. The van der Waals surface area contributed by atoms with Crippen molar-refractivity contribution < 1.29 is 12.8 Å². The van der Waals surface area contributed by atoms with Crippen LogP contribution in [-0.4, -0.2) is 44.0 Å². The van der Waals surface area contributed by atoms with Crippen LogP contribution < -0.4 is 5.32 Å². The van der Waals surface area contributed by atoms with Gasteiger partial charge in [0.2, 0.25) is 0 Å². The Kier molecular flexibility index (Phi) is 5.23. The fraction of sp³-hybridized carbons (Fsp3) is 0.714. The molecule has 5 nitrogen and oxygen atoms in total. The number of nitrogens with zero attached hydrogens (tertiary/aromatic N) is 1. The Morgan fingerprint density at radius 3 is 3.00 bits per heavy atom. The first-order valence-electron chi connectivity index (χ1n) is 7.22. The Balaban J connectivity index is 1.95. The van der Waals surface area contributed by atoms with Gasteiger partial charge in [0.1, 0.15) is 5.76 Å². The second-order valence-corrected chi connectivity index (χ2v) is 7.71. The lowest BCUT2D eigenvalue weighted by molar-refractivity contribution is 0.216. The number of rotatable bonds is 6. The SMILES string of the molecule is CCCNCc1occc1CN1CCS(=O)(=O)CC1C. The first kappa shape index (κ1) is 15.5. The van der Waals surface area contributed by atoms with Gasteiger partial charge in [-0.2, -0.15) is 0 Å². The number of sulfone groups is 1. The first-order valence-corrected chi connectivity index (χ1v) is 9.04. The predicted octanol–water partition coefficient (Wildman–Crippen LogP) is 1.40. The number of nitrogens with one attached hydrogen (secondary N) is 1. The van der Waals surface area contributed by atoms with Gasteiger partial charge in [-0.3, -0.25) is 4.90 Å². The Morgan fingerprint density at radius 1 is 1.50 bits per heavy atom. The van der Waals surface area contributed by atoms with E-state index in [0.717, 1.165) is 37.4 Å². The molecule has 0 aromatic carbocycles. The fourth-order valence-electron chi connectivity index (χ4n) is 2.53. The van der Waals surface area contributed by atoms with E-state index in [2.05, 4.69) is 17.1 Å². The molecule has 0 saturated carbocycles. The largest absolute Gasteiger partial charge is 0.468 e. The molecule has 1 fully saturated rings. The zero-order valence-corrected chi connectivity index (χ0v) is 13.1. The second-order valence-electron chi connectivity index (χ2n) is 5.48. The summed E-state index contributed by atoms with van der Waals surface area (Å²) in [5.41, 5.74) is 1.15. The quantitative estimate of drug-likeness (QED) is 0.805. The minimum Gasteiger partial charge on any atom is -0.468 e. The van der Waals surface area contributed by atoms with E-state index in [1.54, 1.807) is 6.26 Å². The molecule has 1 aliphatic rings. The summed E-state index contributed by atoms with van der Waals surface area (Å²) >= 11 is 0. The van der Waals surface area contributed by atoms with Crippen LogP contribution in [-0.2, 0) is 22.9 Å². The Hall–Kier alpha value is -0.850. The molecule has 2 rings (SSSR count). The molecule has 0 amide bonds. The van der Waals surface area contributed by atoms with Crippen LogP contribution in [0.3, 0.4) is 0 Å². The van der Waals surface area contributed by atoms with E-state index < -0.39 is 9.84 Å². The lowest BCUT2D eigenvalue weighted by Crippen LogP contribution is -2.46. The number of furan rings is 1. The Bertz CT molecular complexity index is 524. The van der Waals surface area contributed by atoms with Gasteiger partial charge in [0.05, 0.1) is 24.3 Å². The molecule has 0 bridgehead atoms. The lowest BCUT2D eigenvalue weighted by Gasteiger charge is -2.32. The van der Waals surface area contributed by atoms with Crippen molar-refractivity contribution in [2.75, 3.05) is 24.6 Å². The van der Waals surface area contributed by atoms with E-state index in [4.69, 9.17) is 4.42 Å². The van der Waals surface area contributed by atoms with Gasteiger partial charge in [-0.25, -0.2) is 8.42 Å². The third kappa shape index (κ3) is 4.07. The molecule has 1 atom stereocenters. The van der Waals surface area contributed by atoms with Crippen molar-refractivity contribution in [2.24, 2.45) is 0 Å². The summed E-state index contributed by atoms with van der Waals surface area (Å²) in [6.07, 6.45) is 2.81. The summed E-state index contributed by atoms with van der Waals surface area (Å²) < 4.78 is 28.7. The van der Waals surface area contributed by atoms with Crippen LogP contribution in [0.4, 0.5) is 0 Å². The standard InChI is InChI=1S/C14H24N2O3S/c1-3-5-15-9-14-13(4-7-19-14)10-16-6-8-20(17,18)11-12(16)2/h4,7,12,15H,3,5-6,8-11H2,1-2H3. The number of hydrogen-bond donors (Lipinski definition) is 1. The molecular formula is C14H24N2O3S.